The van der Waals surface area contributed by atoms with Gasteiger partial charge in [0.2, 0.25) is 0 Å². The highest BCUT2D eigenvalue weighted by molar-refractivity contribution is 6.05. The number of fused-ring (bicyclic) bond motifs is 1. The van der Waals surface area contributed by atoms with E-state index < -0.39 is 11.9 Å². The van der Waals surface area contributed by atoms with Crippen LogP contribution in [0.15, 0.2) is 42.5 Å². The zero-order valence-corrected chi connectivity index (χ0v) is 11.7. The number of carbonyl (C=O) groups is 2. The minimum Gasteiger partial charge on any atom is -0.479 e. The van der Waals surface area contributed by atoms with Crippen LogP contribution in [0, 0.1) is 5.82 Å². The van der Waals surface area contributed by atoms with Crippen LogP contribution in [-0.4, -0.2) is 17.9 Å². The van der Waals surface area contributed by atoms with Gasteiger partial charge in [0.05, 0.1) is 5.69 Å². The third-order valence-electron chi connectivity index (χ3n) is 3.27. The highest BCUT2D eigenvalue weighted by atomic mass is 19.1. The lowest BCUT2D eigenvalue weighted by molar-refractivity contribution is -0.122. The first-order chi connectivity index (χ1) is 10.5. The largest absolute Gasteiger partial charge is 0.479 e. The molecule has 0 bridgehead atoms. The van der Waals surface area contributed by atoms with Crippen LogP contribution < -0.4 is 15.4 Å². The van der Waals surface area contributed by atoms with Crippen LogP contribution in [0.5, 0.6) is 5.75 Å². The van der Waals surface area contributed by atoms with Crippen LogP contribution in [0.4, 0.5) is 15.8 Å². The Hall–Kier alpha value is -2.89. The molecule has 2 aromatic carbocycles. The maximum atomic E-state index is 12.8. The van der Waals surface area contributed by atoms with Gasteiger partial charge in [-0.25, -0.2) is 4.39 Å². The molecule has 22 heavy (non-hydrogen) atoms. The normalized spacial score (nSPS) is 16.3. The maximum Gasteiger partial charge on any atom is 0.265 e. The lowest BCUT2D eigenvalue weighted by Crippen LogP contribution is -2.34. The van der Waals surface area contributed by atoms with E-state index in [0.29, 0.717) is 22.7 Å². The molecule has 5 nitrogen and oxygen atoms in total. The van der Waals surface area contributed by atoms with Crippen molar-refractivity contribution >= 4 is 23.2 Å². The predicted octanol–water partition coefficient (Wildman–Crippen LogP) is 2.80. The van der Waals surface area contributed by atoms with E-state index in [4.69, 9.17) is 4.74 Å². The lowest BCUT2D eigenvalue weighted by Gasteiger charge is -2.23. The zero-order valence-electron chi connectivity index (χ0n) is 11.7. The highest BCUT2D eigenvalue weighted by Gasteiger charge is 2.23. The molecule has 0 aromatic heterocycles. The van der Waals surface area contributed by atoms with E-state index in [1.165, 1.54) is 24.3 Å². The number of amides is 2. The van der Waals surface area contributed by atoms with Crippen molar-refractivity contribution in [2.75, 3.05) is 10.6 Å². The minimum absolute atomic E-state index is 0.241. The van der Waals surface area contributed by atoms with Gasteiger partial charge in [-0.1, -0.05) is 0 Å². The standard InChI is InChI=1S/C16H13FN2O3/c1-9-15(20)19-13-8-12(6-7-14(13)22-9)18-16(21)10-2-4-11(17)5-3-10/h2-9H,1H3,(H,18,21)(H,19,20)/t9-/m0/s1. The van der Waals surface area contributed by atoms with Gasteiger partial charge in [0.1, 0.15) is 11.6 Å². The van der Waals surface area contributed by atoms with Crippen LogP contribution >= 0.6 is 0 Å². The third-order valence-corrected chi connectivity index (χ3v) is 3.27. The monoisotopic (exact) mass is 300 g/mol. The van der Waals surface area contributed by atoms with Gasteiger partial charge in [0.25, 0.3) is 11.8 Å². The number of hydrogen-bond acceptors (Lipinski definition) is 3. The van der Waals surface area contributed by atoms with Crippen molar-refractivity contribution in [2.24, 2.45) is 0 Å². The Labute approximate surface area is 126 Å². The lowest BCUT2D eigenvalue weighted by atomic mass is 10.2. The Bertz CT molecular complexity index is 744. The van der Waals surface area contributed by atoms with E-state index in [9.17, 15) is 14.0 Å². The molecule has 2 amide bonds. The molecule has 1 aliphatic rings. The molecule has 0 saturated carbocycles. The van der Waals surface area contributed by atoms with Gasteiger partial charge in [-0.05, 0) is 49.4 Å². The van der Waals surface area contributed by atoms with E-state index in [2.05, 4.69) is 10.6 Å². The number of rotatable bonds is 2. The summed E-state index contributed by atoms with van der Waals surface area (Å²) >= 11 is 0. The van der Waals surface area contributed by atoms with Crippen LogP contribution in [0.1, 0.15) is 17.3 Å². The topological polar surface area (TPSA) is 67.4 Å². The molecule has 0 saturated heterocycles. The predicted molar refractivity (Wildman–Crippen MR) is 79.5 cm³/mol. The fourth-order valence-electron chi connectivity index (χ4n) is 2.09. The minimum atomic E-state index is -0.549. The van der Waals surface area contributed by atoms with Gasteiger partial charge in [-0.2, -0.15) is 0 Å². The van der Waals surface area contributed by atoms with Crippen molar-refractivity contribution < 1.29 is 18.7 Å². The average molecular weight is 300 g/mol. The SMILES string of the molecule is C[C@@H]1Oc2ccc(NC(=O)c3ccc(F)cc3)cc2NC1=O. The number of anilines is 2. The summed E-state index contributed by atoms with van der Waals surface area (Å²) in [5.74, 6) is -0.461. The van der Waals surface area contributed by atoms with Crippen molar-refractivity contribution in [1.29, 1.82) is 0 Å². The van der Waals surface area contributed by atoms with Gasteiger partial charge in [0.15, 0.2) is 6.10 Å². The molecule has 0 radical (unpaired) electrons. The maximum absolute atomic E-state index is 12.8. The van der Waals surface area contributed by atoms with Crippen LogP contribution in [0.3, 0.4) is 0 Å². The first-order valence-corrected chi connectivity index (χ1v) is 6.71. The van der Waals surface area contributed by atoms with Gasteiger partial charge < -0.3 is 15.4 Å². The number of hydrogen-bond donors (Lipinski definition) is 2. The van der Waals surface area contributed by atoms with Crippen molar-refractivity contribution in [3.63, 3.8) is 0 Å². The molecule has 2 aromatic rings. The molecule has 0 unspecified atom stereocenters. The Balaban J connectivity index is 1.79. The second-order valence-electron chi connectivity index (χ2n) is 4.92. The van der Waals surface area contributed by atoms with E-state index in [0.717, 1.165) is 0 Å². The van der Waals surface area contributed by atoms with E-state index in [1.54, 1.807) is 25.1 Å². The van der Waals surface area contributed by atoms with Gasteiger partial charge in [-0.3, -0.25) is 9.59 Å². The second-order valence-corrected chi connectivity index (χ2v) is 4.92. The number of ether oxygens (including phenoxy) is 1. The molecular weight excluding hydrogens is 287 g/mol. The Morgan fingerprint density at radius 2 is 1.95 bits per heavy atom. The van der Waals surface area contributed by atoms with E-state index >= 15 is 0 Å². The number of nitrogens with one attached hydrogen (secondary N) is 2. The van der Waals surface area contributed by atoms with Crippen molar-refractivity contribution in [1.82, 2.24) is 0 Å². The first kappa shape index (κ1) is 14.1. The van der Waals surface area contributed by atoms with Gasteiger partial charge in [0, 0.05) is 11.3 Å². The molecule has 112 valence electrons. The summed E-state index contributed by atoms with van der Waals surface area (Å²) < 4.78 is 18.3. The first-order valence-electron chi connectivity index (χ1n) is 6.71. The summed E-state index contributed by atoms with van der Waals surface area (Å²) in [6, 6.07) is 10.2. The molecule has 1 atom stereocenters. The van der Waals surface area contributed by atoms with Crippen molar-refractivity contribution in [2.45, 2.75) is 13.0 Å². The third kappa shape index (κ3) is 2.76. The number of halogens is 1. The molecule has 2 N–H and O–H groups in total. The molecule has 0 fully saturated rings. The summed E-state index contributed by atoms with van der Waals surface area (Å²) in [5, 5.41) is 5.39. The summed E-state index contributed by atoms with van der Waals surface area (Å²) in [6.45, 7) is 1.66. The Kier molecular flexibility index (Phi) is 3.50. The Morgan fingerprint density at radius 3 is 2.68 bits per heavy atom. The molecule has 0 spiro atoms. The fourth-order valence-corrected chi connectivity index (χ4v) is 2.09. The van der Waals surface area contributed by atoms with Crippen LogP contribution in [0.25, 0.3) is 0 Å². The Morgan fingerprint density at radius 1 is 1.23 bits per heavy atom. The molecule has 0 aliphatic carbocycles. The smallest absolute Gasteiger partial charge is 0.265 e. The zero-order chi connectivity index (χ0) is 15.7. The second kappa shape index (κ2) is 5.48. The van der Waals surface area contributed by atoms with Crippen LogP contribution in [0.2, 0.25) is 0 Å². The van der Waals surface area contributed by atoms with Crippen molar-refractivity contribution in [3.05, 3.63) is 53.8 Å². The summed E-state index contributed by atoms with van der Waals surface area (Å²) in [6.07, 6.45) is -0.549. The molecule has 3 rings (SSSR count). The molecule has 1 heterocycles. The molecule has 1 aliphatic heterocycles. The fraction of sp³-hybridized carbons (Fsp3) is 0.125. The quantitative estimate of drug-likeness (QED) is 0.896. The molecule has 6 heteroatoms. The summed E-state index contributed by atoms with van der Waals surface area (Å²) in [4.78, 5) is 23.6. The van der Waals surface area contributed by atoms with Gasteiger partial charge >= 0.3 is 0 Å². The molecular formula is C16H13FN2O3. The summed E-state index contributed by atoms with van der Waals surface area (Å²) in [7, 11) is 0. The van der Waals surface area contributed by atoms with Crippen LogP contribution in [-0.2, 0) is 4.79 Å². The number of benzene rings is 2. The number of carbonyl (C=O) groups excluding carboxylic acids is 2. The van der Waals surface area contributed by atoms with Crippen molar-refractivity contribution in [3.8, 4) is 5.75 Å². The highest BCUT2D eigenvalue weighted by Crippen LogP contribution is 2.32. The average Bonchev–Trinajstić information content (AvgIpc) is 2.49. The van der Waals surface area contributed by atoms with E-state index in [1.807, 2.05) is 0 Å². The summed E-state index contributed by atoms with van der Waals surface area (Å²) in [5.41, 5.74) is 1.35. The van der Waals surface area contributed by atoms with Gasteiger partial charge in [-0.15, -0.1) is 0 Å². The van der Waals surface area contributed by atoms with E-state index in [-0.39, 0.29) is 11.8 Å².